The van der Waals surface area contributed by atoms with Gasteiger partial charge < -0.3 is 0 Å². The van der Waals surface area contributed by atoms with E-state index in [1.54, 1.807) is 4.31 Å². The second-order valence-electron chi connectivity index (χ2n) is 6.66. The van der Waals surface area contributed by atoms with Gasteiger partial charge in [-0.15, -0.1) is 0 Å². The summed E-state index contributed by atoms with van der Waals surface area (Å²) >= 11 is 0. The largest absolute Gasteiger partial charge is 0.269 e. The fourth-order valence-corrected chi connectivity index (χ4v) is 5.66. The van der Waals surface area contributed by atoms with Gasteiger partial charge in [0.25, 0.3) is 5.69 Å². The molecule has 0 amide bonds. The number of nitro groups is 1. The Bertz CT molecular complexity index is 955. The van der Waals surface area contributed by atoms with Crippen LogP contribution in [-0.2, 0) is 10.0 Å². The van der Waals surface area contributed by atoms with Crippen molar-refractivity contribution in [1.29, 1.82) is 0 Å². The van der Waals surface area contributed by atoms with Crippen molar-refractivity contribution in [1.82, 2.24) is 4.31 Å². The highest BCUT2D eigenvalue weighted by molar-refractivity contribution is 7.89. The highest BCUT2D eigenvalue weighted by atomic mass is 32.2. The highest BCUT2D eigenvalue weighted by Crippen LogP contribution is 2.45. The van der Waals surface area contributed by atoms with Gasteiger partial charge in [-0.25, -0.2) is 8.42 Å². The van der Waals surface area contributed by atoms with Gasteiger partial charge in [0.2, 0.25) is 10.0 Å². The van der Waals surface area contributed by atoms with E-state index in [1.807, 2.05) is 42.5 Å². The Morgan fingerprint density at radius 1 is 1.04 bits per heavy atom. The predicted molar refractivity (Wildman–Crippen MR) is 97.2 cm³/mol. The number of rotatable bonds is 4. The van der Waals surface area contributed by atoms with E-state index in [9.17, 15) is 18.5 Å². The maximum Gasteiger partial charge on any atom is 0.269 e. The van der Waals surface area contributed by atoms with Gasteiger partial charge in [0.05, 0.1) is 9.82 Å². The smallest absolute Gasteiger partial charge is 0.258 e. The van der Waals surface area contributed by atoms with Crippen LogP contribution in [0.3, 0.4) is 0 Å². The molecule has 134 valence electrons. The van der Waals surface area contributed by atoms with Crippen molar-refractivity contribution in [2.24, 2.45) is 5.92 Å². The monoisotopic (exact) mass is 370 g/mol. The Morgan fingerprint density at radius 3 is 2.38 bits per heavy atom. The first-order valence-electron chi connectivity index (χ1n) is 8.46. The number of hydrogen-bond acceptors (Lipinski definition) is 4. The normalized spacial score (nSPS) is 25.3. The fraction of sp³-hybridized carbons (Fsp3) is 0.263. The zero-order valence-electron chi connectivity index (χ0n) is 13.9. The van der Waals surface area contributed by atoms with Crippen LogP contribution >= 0.6 is 0 Å². The van der Waals surface area contributed by atoms with E-state index in [0.717, 1.165) is 12.0 Å². The molecule has 6 nitrogen and oxygen atoms in total. The maximum absolute atomic E-state index is 13.2. The molecular weight excluding hydrogens is 352 g/mol. The average molecular weight is 370 g/mol. The predicted octanol–water partition coefficient (Wildman–Crippen LogP) is 3.33. The summed E-state index contributed by atoms with van der Waals surface area (Å²) in [7, 11) is -3.72. The number of fused-ring (bicyclic) bond motifs is 1. The molecule has 0 N–H and O–H groups in total. The van der Waals surface area contributed by atoms with Crippen molar-refractivity contribution < 1.29 is 13.3 Å². The second-order valence-corrected chi connectivity index (χ2v) is 8.55. The number of allylic oxidation sites excluding steroid dienone is 1. The summed E-state index contributed by atoms with van der Waals surface area (Å²) in [4.78, 5) is 10.4. The minimum atomic E-state index is -3.72. The molecule has 1 aliphatic heterocycles. The second kappa shape index (κ2) is 6.34. The van der Waals surface area contributed by atoms with E-state index in [0.29, 0.717) is 6.54 Å². The van der Waals surface area contributed by atoms with Gasteiger partial charge in [-0.1, -0.05) is 42.5 Å². The van der Waals surface area contributed by atoms with Crippen molar-refractivity contribution in [3.8, 4) is 0 Å². The van der Waals surface area contributed by atoms with Gasteiger partial charge in [0.1, 0.15) is 0 Å². The quantitative estimate of drug-likeness (QED) is 0.470. The molecule has 1 heterocycles. The lowest BCUT2D eigenvalue weighted by Crippen LogP contribution is -2.35. The number of hydrogen-bond donors (Lipinski definition) is 0. The standard InChI is InChI=1S/C19H18N2O4S/c22-21(23)15-9-11-16(12-10-15)26(24,25)20-13-18(14-5-2-1-3-6-14)17-7-4-8-19(17)20/h1-6,8-12,17-19H,7,13H2/t17-,18+,19-/m0/s1. The van der Waals surface area contributed by atoms with Gasteiger partial charge >= 0.3 is 0 Å². The number of non-ortho nitro benzene ring substituents is 1. The van der Waals surface area contributed by atoms with Crippen LogP contribution in [0.1, 0.15) is 17.9 Å². The van der Waals surface area contributed by atoms with Crippen LogP contribution in [0.4, 0.5) is 5.69 Å². The number of sulfonamides is 1. The lowest BCUT2D eigenvalue weighted by Gasteiger charge is -2.22. The van der Waals surface area contributed by atoms with E-state index in [4.69, 9.17) is 0 Å². The molecule has 0 aromatic heterocycles. The van der Waals surface area contributed by atoms with Gasteiger partial charge in [0, 0.05) is 30.6 Å². The van der Waals surface area contributed by atoms with Crippen LogP contribution in [0.2, 0.25) is 0 Å². The molecule has 26 heavy (non-hydrogen) atoms. The third-order valence-corrected chi connectivity index (χ3v) is 7.17. The molecule has 1 aliphatic carbocycles. The van der Waals surface area contributed by atoms with Gasteiger partial charge in [-0.3, -0.25) is 10.1 Å². The maximum atomic E-state index is 13.2. The molecule has 7 heteroatoms. The zero-order valence-corrected chi connectivity index (χ0v) is 14.7. The zero-order chi connectivity index (χ0) is 18.3. The van der Waals surface area contributed by atoms with Gasteiger partial charge in [-0.2, -0.15) is 4.31 Å². The Kier molecular flexibility index (Phi) is 4.13. The Balaban J connectivity index is 1.68. The lowest BCUT2D eigenvalue weighted by atomic mass is 9.86. The molecular formula is C19H18N2O4S. The highest BCUT2D eigenvalue weighted by Gasteiger charge is 2.47. The van der Waals surface area contributed by atoms with Crippen LogP contribution in [-0.4, -0.2) is 30.2 Å². The first-order chi connectivity index (χ1) is 12.5. The number of nitrogens with zero attached hydrogens (tertiary/aromatic N) is 2. The van der Waals surface area contributed by atoms with Crippen LogP contribution in [0.15, 0.2) is 71.6 Å². The molecule has 1 saturated heterocycles. The minimum absolute atomic E-state index is 0.0934. The molecule has 0 spiro atoms. The number of benzene rings is 2. The first kappa shape index (κ1) is 16.9. The van der Waals surface area contributed by atoms with Crippen molar-refractivity contribution in [3.05, 3.63) is 82.4 Å². The molecule has 0 radical (unpaired) electrons. The summed E-state index contributed by atoms with van der Waals surface area (Å²) in [6.45, 7) is 0.420. The molecule has 1 fully saturated rings. The summed E-state index contributed by atoms with van der Waals surface area (Å²) in [5, 5.41) is 10.8. The summed E-state index contributed by atoms with van der Waals surface area (Å²) < 4.78 is 27.9. The summed E-state index contributed by atoms with van der Waals surface area (Å²) in [5.74, 6) is 0.370. The minimum Gasteiger partial charge on any atom is -0.258 e. The first-order valence-corrected chi connectivity index (χ1v) is 9.90. The van der Waals surface area contributed by atoms with Crippen LogP contribution in [0, 0.1) is 16.0 Å². The van der Waals surface area contributed by atoms with Crippen LogP contribution < -0.4 is 0 Å². The molecule has 2 aromatic carbocycles. The van der Waals surface area contributed by atoms with E-state index in [2.05, 4.69) is 0 Å². The van der Waals surface area contributed by atoms with Gasteiger partial charge in [-0.05, 0) is 30.0 Å². The summed E-state index contributed by atoms with van der Waals surface area (Å²) in [6.07, 6.45) is 4.87. The lowest BCUT2D eigenvalue weighted by molar-refractivity contribution is -0.384. The molecule has 0 unspecified atom stereocenters. The van der Waals surface area contributed by atoms with Crippen molar-refractivity contribution >= 4 is 15.7 Å². The molecule has 0 saturated carbocycles. The third-order valence-electron chi connectivity index (χ3n) is 5.29. The molecule has 2 aliphatic rings. The van der Waals surface area contributed by atoms with Crippen LogP contribution in [0.25, 0.3) is 0 Å². The molecule has 0 bridgehead atoms. The van der Waals surface area contributed by atoms with E-state index < -0.39 is 14.9 Å². The molecule has 2 aromatic rings. The topological polar surface area (TPSA) is 80.5 Å². The Morgan fingerprint density at radius 2 is 1.73 bits per heavy atom. The van der Waals surface area contributed by atoms with E-state index in [-0.39, 0.29) is 28.5 Å². The van der Waals surface area contributed by atoms with E-state index in [1.165, 1.54) is 24.3 Å². The van der Waals surface area contributed by atoms with Crippen molar-refractivity contribution in [2.45, 2.75) is 23.3 Å². The van der Waals surface area contributed by atoms with E-state index >= 15 is 0 Å². The van der Waals surface area contributed by atoms with Crippen LogP contribution in [0.5, 0.6) is 0 Å². The van der Waals surface area contributed by atoms with Gasteiger partial charge in [0.15, 0.2) is 0 Å². The molecule has 4 rings (SSSR count). The molecule has 3 atom stereocenters. The Hall–Kier alpha value is -2.51. The van der Waals surface area contributed by atoms with Crippen molar-refractivity contribution in [3.63, 3.8) is 0 Å². The summed E-state index contributed by atoms with van der Waals surface area (Å²) in [5.41, 5.74) is 1.03. The van der Waals surface area contributed by atoms with Crippen molar-refractivity contribution in [2.75, 3.05) is 6.54 Å². The SMILES string of the molecule is O=[N+]([O-])c1ccc(S(=O)(=O)N2C[C@H](c3ccccc3)[C@@H]3CC=C[C@@H]32)cc1. The average Bonchev–Trinajstić information content (AvgIpc) is 3.25. The number of nitro benzene ring substituents is 1. The fourth-order valence-electron chi connectivity index (χ4n) is 4.01. The summed E-state index contributed by atoms with van der Waals surface area (Å²) in [6, 6.07) is 14.9. The Labute approximate surface area is 152 Å². The third kappa shape index (κ3) is 2.73.